The molecule has 1 aliphatic rings. The molecule has 0 bridgehead atoms. The molecular formula is C30H31FN6O3S. The average Bonchev–Trinajstić information content (AvgIpc) is 2.99. The number of carbonyl (C=O) groups excluding carboxylic acids is 1. The first kappa shape index (κ1) is 28.3. The fraction of sp³-hybridized carbons (Fsp3) is 0.267. The van der Waals surface area contributed by atoms with Gasteiger partial charge in [-0.3, -0.25) is 9.78 Å². The Balaban J connectivity index is 1.26. The number of ether oxygens (including phenoxy) is 1. The van der Waals surface area contributed by atoms with Crippen LogP contribution in [0.1, 0.15) is 25.3 Å². The summed E-state index contributed by atoms with van der Waals surface area (Å²) in [7, 11) is -1.46. The highest BCUT2D eigenvalue weighted by atomic mass is 32.2. The van der Waals surface area contributed by atoms with Crippen molar-refractivity contribution in [2.24, 2.45) is 5.41 Å². The Bertz CT molecular complexity index is 1490. The number of aromatic nitrogens is 3. The van der Waals surface area contributed by atoms with E-state index in [1.807, 2.05) is 28.6 Å². The van der Waals surface area contributed by atoms with E-state index in [9.17, 15) is 13.4 Å². The standard InChI is InChI=1S/C30H31FN6O3S/c1-2-40-28(38)30(19-22-5-3-16-32-20-22)15-4-18-37(21-30)41(39)26-12-10-25(11-13-26)35-29-33-17-14-27(36-29)34-24-8-6-23(31)7-9-24/h3,5-14,16-17,20H,2,4,15,18-19,21H2,1H3,(H2,33,34,35,36). The molecular weight excluding hydrogens is 543 g/mol. The van der Waals surface area contributed by atoms with E-state index in [0.29, 0.717) is 54.9 Å². The van der Waals surface area contributed by atoms with Crippen molar-refractivity contribution < 1.29 is 18.1 Å². The SMILES string of the molecule is CCOC(=O)C1(Cc2cccnc2)CCCN(S(=O)c2ccc(Nc3nccc(Nc4ccc(F)cc4)n3)cc2)C1. The van der Waals surface area contributed by atoms with Gasteiger partial charge in [0.15, 0.2) is 0 Å². The summed E-state index contributed by atoms with van der Waals surface area (Å²) in [4.78, 5) is 26.7. The van der Waals surface area contributed by atoms with Crippen LogP contribution in [0.3, 0.4) is 0 Å². The molecule has 2 aromatic heterocycles. The summed E-state index contributed by atoms with van der Waals surface area (Å²) < 4.78 is 34.1. The van der Waals surface area contributed by atoms with Crippen LogP contribution in [0.5, 0.6) is 0 Å². The molecule has 2 aromatic carbocycles. The third-order valence-corrected chi connectivity index (χ3v) is 8.29. The second-order valence-electron chi connectivity index (χ2n) is 9.80. The topological polar surface area (TPSA) is 109 Å². The first-order valence-electron chi connectivity index (χ1n) is 13.4. The number of carbonyl (C=O) groups is 1. The van der Waals surface area contributed by atoms with Gasteiger partial charge in [0.05, 0.1) is 16.9 Å². The van der Waals surface area contributed by atoms with E-state index in [2.05, 4.69) is 25.6 Å². The molecule has 0 aliphatic carbocycles. The fourth-order valence-electron chi connectivity index (χ4n) is 4.89. The van der Waals surface area contributed by atoms with Gasteiger partial charge in [-0.2, -0.15) is 4.98 Å². The van der Waals surface area contributed by atoms with Crippen molar-refractivity contribution in [2.45, 2.75) is 31.1 Å². The molecule has 4 aromatic rings. The molecule has 9 nitrogen and oxygen atoms in total. The van der Waals surface area contributed by atoms with Crippen LogP contribution < -0.4 is 10.6 Å². The Morgan fingerprint density at radius 2 is 1.80 bits per heavy atom. The van der Waals surface area contributed by atoms with Crippen molar-refractivity contribution in [1.29, 1.82) is 0 Å². The number of nitrogens with zero attached hydrogens (tertiary/aromatic N) is 4. The molecule has 41 heavy (non-hydrogen) atoms. The van der Waals surface area contributed by atoms with Crippen molar-refractivity contribution in [3.05, 3.63) is 96.7 Å². The molecule has 2 N–H and O–H groups in total. The Labute approximate surface area is 240 Å². The average molecular weight is 575 g/mol. The molecule has 11 heteroatoms. The van der Waals surface area contributed by atoms with Gasteiger partial charge in [-0.1, -0.05) is 6.07 Å². The number of halogens is 1. The fourth-order valence-corrected chi connectivity index (χ4v) is 6.22. The van der Waals surface area contributed by atoms with Crippen LogP contribution in [0.2, 0.25) is 0 Å². The summed E-state index contributed by atoms with van der Waals surface area (Å²) in [5, 5.41) is 6.27. The maximum Gasteiger partial charge on any atom is 0.313 e. The number of nitrogens with one attached hydrogen (secondary N) is 2. The van der Waals surface area contributed by atoms with Gasteiger partial charge in [0, 0.05) is 43.1 Å². The highest BCUT2D eigenvalue weighted by molar-refractivity contribution is 7.82. The van der Waals surface area contributed by atoms with Crippen LogP contribution in [0.4, 0.5) is 27.5 Å². The zero-order valence-electron chi connectivity index (χ0n) is 22.6. The summed E-state index contributed by atoms with van der Waals surface area (Å²) in [6.07, 6.45) is 6.94. The van der Waals surface area contributed by atoms with E-state index >= 15 is 0 Å². The van der Waals surface area contributed by atoms with E-state index < -0.39 is 16.4 Å². The number of pyridine rings is 1. The van der Waals surface area contributed by atoms with Gasteiger partial charge in [0.2, 0.25) is 5.95 Å². The molecule has 5 rings (SSSR count). The molecule has 2 unspecified atom stereocenters. The van der Waals surface area contributed by atoms with Gasteiger partial charge in [-0.15, -0.1) is 0 Å². The summed E-state index contributed by atoms with van der Waals surface area (Å²) in [6, 6.07) is 18.7. The zero-order valence-corrected chi connectivity index (χ0v) is 23.4. The lowest BCUT2D eigenvalue weighted by Gasteiger charge is -2.40. The maximum atomic E-state index is 13.6. The molecule has 0 spiro atoms. The Morgan fingerprint density at radius 3 is 2.54 bits per heavy atom. The van der Waals surface area contributed by atoms with Gasteiger partial charge < -0.3 is 15.4 Å². The second kappa shape index (κ2) is 13.0. The normalized spacial score (nSPS) is 17.9. The first-order valence-corrected chi connectivity index (χ1v) is 14.5. The minimum absolute atomic E-state index is 0.263. The molecule has 1 fully saturated rings. The van der Waals surface area contributed by atoms with Crippen LogP contribution in [-0.2, 0) is 26.9 Å². The van der Waals surface area contributed by atoms with E-state index in [0.717, 1.165) is 17.7 Å². The van der Waals surface area contributed by atoms with Gasteiger partial charge >= 0.3 is 5.97 Å². The Morgan fingerprint density at radius 1 is 1.05 bits per heavy atom. The monoisotopic (exact) mass is 574 g/mol. The molecule has 2 atom stereocenters. The predicted molar refractivity (Wildman–Crippen MR) is 156 cm³/mol. The van der Waals surface area contributed by atoms with Crippen molar-refractivity contribution >= 4 is 40.1 Å². The number of hydrogen-bond donors (Lipinski definition) is 2. The van der Waals surface area contributed by atoms with Crippen LogP contribution in [0.25, 0.3) is 0 Å². The summed E-state index contributed by atoms with van der Waals surface area (Å²) in [5.41, 5.74) is 1.58. The lowest BCUT2D eigenvalue weighted by atomic mass is 9.76. The number of benzene rings is 2. The van der Waals surface area contributed by atoms with Crippen molar-refractivity contribution in [3.8, 4) is 0 Å². The van der Waals surface area contributed by atoms with Gasteiger partial charge in [-0.25, -0.2) is 17.9 Å². The van der Waals surface area contributed by atoms with Gasteiger partial charge in [0.1, 0.15) is 22.6 Å². The van der Waals surface area contributed by atoms with Crippen LogP contribution >= 0.6 is 0 Å². The summed E-state index contributed by atoms with van der Waals surface area (Å²) in [5.74, 6) is 0.347. The zero-order chi connectivity index (χ0) is 28.7. The van der Waals surface area contributed by atoms with Crippen LogP contribution in [0, 0.1) is 11.2 Å². The summed E-state index contributed by atoms with van der Waals surface area (Å²) in [6.45, 7) is 3.03. The number of esters is 1. The predicted octanol–water partition coefficient (Wildman–Crippen LogP) is 5.41. The molecule has 3 heterocycles. The smallest absolute Gasteiger partial charge is 0.313 e. The molecule has 1 saturated heterocycles. The largest absolute Gasteiger partial charge is 0.466 e. The highest BCUT2D eigenvalue weighted by Gasteiger charge is 2.45. The Kier molecular flexibility index (Phi) is 8.95. The molecule has 0 amide bonds. The number of hydrogen-bond acceptors (Lipinski definition) is 8. The lowest BCUT2D eigenvalue weighted by Crippen LogP contribution is -2.50. The lowest BCUT2D eigenvalue weighted by molar-refractivity contribution is -0.157. The first-order chi connectivity index (χ1) is 19.9. The van der Waals surface area contributed by atoms with E-state index in [1.165, 1.54) is 12.1 Å². The minimum atomic E-state index is -1.46. The van der Waals surface area contributed by atoms with Crippen molar-refractivity contribution in [1.82, 2.24) is 19.3 Å². The van der Waals surface area contributed by atoms with Crippen LogP contribution in [-0.4, -0.2) is 49.1 Å². The number of anilines is 4. The molecule has 212 valence electrons. The maximum absolute atomic E-state index is 13.6. The van der Waals surface area contributed by atoms with E-state index in [-0.39, 0.29) is 11.8 Å². The van der Waals surface area contributed by atoms with Gasteiger partial charge in [-0.05, 0) is 92.4 Å². The van der Waals surface area contributed by atoms with E-state index in [1.54, 1.807) is 55.8 Å². The van der Waals surface area contributed by atoms with E-state index in [4.69, 9.17) is 4.74 Å². The highest BCUT2D eigenvalue weighted by Crippen LogP contribution is 2.36. The molecule has 0 saturated carbocycles. The van der Waals surface area contributed by atoms with Crippen molar-refractivity contribution in [2.75, 3.05) is 30.3 Å². The number of piperidine rings is 1. The second-order valence-corrected chi connectivity index (χ2v) is 11.3. The Hall–Kier alpha value is -4.22. The number of rotatable bonds is 10. The summed E-state index contributed by atoms with van der Waals surface area (Å²) >= 11 is 0. The van der Waals surface area contributed by atoms with Gasteiger partial charge in [0.25, 0.3) is 0 Å². The molecule has 1 aliphatic heterocycles. The quantitative estimate of drug-likeness (QED) is 0.242. The van der Waals surface area contributed by atoms with Crippen molar-refractivity contribution in [3.63, 3.8) is 0 Å². The third kappa shape index (κ3) is 7.11. The third-order valence-electron chi connectivity index (χ3n) is 6.83. The molecule has 0 radical (unpaired) electrons. The minimum Gasteiger partial charge on any atom is -0.466 e. The van der Waals surface area contributed by atoms with Crippen LogP contribution in [0.15, 0.2) is 90.2 Å².